The third-order valence-electron chi connectivity index (χ3n) is 7.06. The van der Waals surface area contributed by atoms with Gasteiger partial charge in [-0.1, -0.05) is 132 Å². The molecule has 0 radical (unpaired) electrons. The third kappa shape index (κ3) is 32.4. The highest BCUT2D eigenvalue weighted by atomic mass is 16.6. The number of rotatable bonds is 30. The number of carbonyl (C=O) groups excluding carboxylic acids is 2. The Morgan fingerprint density at radius 1 is 0.558 bits per heavy atom. The molecule has 0 fully saturated rings. The van der Waals surface area contributed by atoms with E-state index >= 15 is 0 Å². The van der Waals surface area contributed by atoms with Crippen LogP contribution < -0.4 is 0 Å². The highest BCUT2D eigenvalue weighted by Gasteiger charge is 2.15. The predicted octanol–water partition coefficient (Wildman–Crippen LogP) is 10.4. The van der Waals surface area contributed by atoms with Crippen LogP contribution in [0.1, 0.15) is 149 Å². The molecule has 5 nitrogen and oxygen atoms in total. The molecule has 1 unspecified atom stereocenters. The number of carbonyl (C=O) groups is 2. The first kappa shape index (κ1) is 40.6. The number of esters is 2. The van der Waals surface area contributed by atoms with E-state index in [1.165, 1.54) is 57.8 Å². The largest absolute Gasteiger partial charge is 0.462 e. The lowest BCUT2D eigenvalue weighted by Crippen LogP contribution is -2.28. The minimum absolute atomic E-state index is 0.104. The number of hydrogen-bond acceptors (Lipinski definition) is 5. The standard InChI is InChI=1S/C38H64O5/c1-3-5-7-9-11-13-15-17-18-19-21-23-25-27-29-31-33-38(41)43-36(34-39)35-42-37(40)32-30-28-26-24-22-20-16-14-12-10-8-6-4-2/h5,7,11,13,17-18,20,22,26,28,36,39H,3-4,6,8-10,12,14-16,19,21,23-25,27,29-35H2,1-2H3/b7-5+,13-11+,18-17+,22-20+,28-26+. The van der Waals surface area contributed by atoms with Crippen LogP contribution in [0.15, 0.2) is 60.8 Å². The molecule has 0 rings (SSSR count). The summed E-state index contributed by atoms with van der Waals surface area (Å²) in [5, 5.41) is 9.50. The molecule has 246 valence electrons. The van der Waals surface area contributed by atoms with Gasteiger partial charge < -0.3 is 14.6 Å². The lowest BCUT2D eigenvalue weighted by atomic mass is 10.1. The van der Waals surface area contributed by atoms with Gasteiger partial charge in [0.2, 0.25) is 0 Å². The first-order chi connectivity index (χ1) is 21.1. The topological polar surface area (TPSA) is 72.8 Å². The van der Waals surface area contributed by atoms with Gasteiger partial charge in [-0.2, -0.15) is 0 Å². The Bertz CT molecular complexity index is 777. The SMILES string of the molecule is CC/C=C/C/C=C/C/C=C/CCCCCCCCC(=O)OC(CO)COC(=O)CC/C=C/C/C=C/CCCCCCCC. The average Bonchev–Trinajstić information content (AvgIpc) is 3.01. The van der Waals surface area contributed by atoms with Crippen LogP contribution in [0.2, 0.25) is 0 Å². The molecule has 1 N–H and O–H groups in total. The van der Waals surface area contributed by atoms with E-state index in [1.54, 1.807) is 0 Å². The van der Waals surface area contributed by atoms with Gasteiger partial charge in [-0.05, 0) is 64.2 Å². The minimum atomic E-state index is -0.801. The van der Waals surface area contributed by atoms with E-state index in [1.807, 2.05) is 6.08 Å². The van der Waals surface area contributed by atoms with E-state index in [-0.39, 0.29) is 31.6 Å². The second-order valence-corrected chi connectivity index (χ2v) is 11.2. The van der Waals surface area contributed by atoms with E-state index in [0.29, 0.717) is 12.8 Å². The Kier molecular flexibility index (Phi) is 32.2. The summed E-state index contributed by atoms with van der Waals surface area (Å²) >= 11 is 0. The van der Waals surface area contributed by atoms with Crippen molar-refractivity contribution >= 4 is 11.9 Å². The molecule has 0 saturated carbocycles. The zero-order valence-electron chi connectivity index (χ0n) is 27.7. The molecule has 43 heavy (non-hydrogen) atoms. The van der Waals surface area contributed by atoms with Crippen LogP contribution in [-0.4, -0.2) is 36.4 Å². The molecule has 0 aromatic carbocycles. The van der Waals surface area contributed by atoms with Crippen molar-refractivity contribution in [3.8, 4) is 0 Å². The second kappa shape index (κ2) is 34.1. The molecule has 0 aliphatic heterocycles. The molecule has 0 saturated heterocycles. The van der Waals surface area contributed by atoms with Crippen molar-refractivity contribution < 1.29 is 24.2 Å². The maximum Gasteiger partial charge on any atom is 0.306 e. The number of unbranched alkanes of at least 4 members (excludes halogenated alkanes) is 12. The summed E-state index contributed by atoms with van der Waals surface area (Å²) in [7, 11) is 0. The molecule has 0 aliphatic rings. The van der Waals surface area contributed by atoms with Gasteiger partial charge in [0.1, 0.15) is 6.61 Å². The van der Waals surface area contributed by atoms with Crippen LogP contribution in [0.3, 0.4) is 0 Å². The lowest BCUT2D eigenvalue weighted by molar-refractivity contribution is -0.161. The number of ether oxygens (including phenoxy) is 2. The van der Waals surface area contributed by atoms with Crippen molar-refractivity contribution in [3.63, 3.8) is 0 Å². The zero-order valence-corrected chi connectivity index (χ0v) is 27.7. The summed E-state index contributed by atoms with van der Waals surface area (Å²) in [6, 6.07) is 0. The Morgan fingerprint density at radius 3 is 1.60 bits per heavy atom. The van der Waals surface area contributed by atoms with Gasteiger partial charge in [0.25, 0.3) is 0 Å². The molecule has 0 spiro atoms. The van der Waals surface area contributed by atoms with E-state index in [4.69, 9.17) is 9.47 Å². The van der Waals surface area contributed by atoms with Crippen LogP contribution in [0.4, 0.5) is 0 Å². The van der Waals surface area contributed by atoms with Gasteiger partial charge in [0.05, 0.1) is 6.61 Å². The van der Waals surface area contributed by atoms with E-state index in [9.17, 15) is 14.7 Å². The van der Waals surface area contributed by atoms with Gasteiger partial charge in [0.15, 0.2) is 6.10 Å². The normalized spacial score (nSPS) is 12.9. The van der Waals surface area contributed by atoms with Crippen LogP contribution in [0.5, 0.6) is 0 Å². The quantitative estimate of drug-likeness (QED) is 0.0504. The molecule has 0 bridgehead atoms. The molecular formula is C38H64O5. The minimum Gasteiger partial charge on any atom is -0.462 e. The smallest absolute Gasteiger partial charge is 0.306 e. The molecular weight excluding hydrogens is 536 g/mol. The van der Waals surface area contributed by atoms with Gasteiger partial charge in [-0.25, -0.2) is 0 Å². The molecule has 0 heterocycles. The number of aliphatic hydroxyl groups excluding tert-OH is 1. The third-order valence-corrected chi connectivity index (χ3v) is 7.06. The highest BCUT2D eigenvalue weighted by molar-refractivity contribution is 5.70. The Labute approximate surface area is 264 Å². The van der Waals surface area contributed by atoms with E-state index < -0.39 is 6.10 Å². The van der Waals surface area contributed by atoms with E-state index in [2.05, 4.69) is 68.5 Å². The molecule has 0 aliphatic carbocycles. The highest BCUT2D eigenvalue weighted by Crippen LogP contribution is 2.11. The fourth-order valence-electron chi connectivity index (χ4n) is 4.44. The van der Waals surface area contributed by atoms with Crippen LogP contribution in [0, 0.1) is 0 Å². The summed E-state index contributed by atoms with van der Waals surface area (Å²) in [6.45, 7) is 3.93. The van der Waals surface area contributed by atoms with Gasteiger partial charge >= 0.3 is 11.9 Å². The lowest BCUT2D eigenvalue weighted by Gasteiger charge is -2.15. The summed E-state index contributed by atoms with van der Waals surface area (Å²) < 4.78 is 10.5. The Morgan fingerprint density at radius 2 is 1.05 bits per heavy atom. The summed E-state index contributed by atoms with van der Waals surface area (Å²) in [5.41, 5.74) is 0. The fourth-order valence-corrected chi connectivity index (χ4v) is 4.44. The van der Waals surface area contributed by atoms with Crippen molar-refractivity contribution in [2.24, 2.45) is 0 Å². The number of allylic oxidation sites excluding steroid dienone is 10. The molecule has 1 atom stereocenters. The zero-order chi connectivity index (χ0) is 31.5. The maximum absolute atomic E-state index is 12.1. The predicted molar refractivity (Wildman–Crippen MR) is 182 cm³/mol. The van der Waals surface area contributed by atoms with Gasteiger partial charge in [-0.15, -0.1) is 0 Å². The van der Waals surface area contributed by atoms with Crippen molar-refractivity contribution in [3.05, 3.63) is 60.8 Å². The Balaban J connectivity index is 3.69. The monoisotopic (exact) mass is 600 g/mol. The van der Waals surface area contributed by atoms with E-state index in [0.717, 1.165) is 57.8 Å². The molecule has 0 amide bonds. The fraction of sp³-hybridized carbons (Fsp3) is 0.684. The molecule has 0 aromatic heterocycles. The van der Waals surface area contributed by atoms with Crippen LogP contribution >= 0.6 is 0 Å². The molecule has 5 heteroatoms. The first-order valence-corrected chi connectivity index (χ1v) is 17.3. The first-order valence-electron chi connectivity index (χ1n) is 17.3. The van der Waals surface area contributed by atoms with Crippen molar-refractivity contribution in [2.75, 3.05) is 13.2 Å². The van der Waals surface area contributed by atoms with Crippen molar-refractivity contribution in [1.29, 1.82) is 0 Å². The average molecular weight is 601 g/mol. The van der Waals surface area contributed by atoms with Crippen molar-refractivity contribution in [1.82, 2.24) is 0 Å². The Hall–Kier alpha value is -2.40. The summed E-state index contributed by atoms with van der Waals surface area (Å²) in [4.78, 5) is 24.1. The van der Waals surface area contributed by atoms with Crippen LogP contribution in [-0.2, 0) is 19.1 Å². The maximum atomic E-state index is 12.1. The summed E-state index contributed by atoms with van der Waals surface area (Å²) in [5.74, 6) is -0.691. The number of hydrogen-bond donors (Lipinski definition) is 1. The molecule has 0 aromatic rings. The number of aliphatic hydroxyl groups is 1. The van der Waals surface area contributed by atoms with Gasteiger partial charge in [0, 0.05) is 12.8 Å². The second-order valence-electron chi connectivity index (χ2n) is 11.2. The summed E-state index contributed by atoms with van der Waals surface area (Å²) in [6.07, 6.45) is 42.8. The van der Waals surface area contributed by atoms with Crippen molar-refractivity contribution in [2.45, 2.75) is 155 Å². The van der Waals surface area contributed by atoms with Crippen LogP contribution in [0.25, 0.3) is 0 Å². The van der Waals surface area contributed by atoms with Gasteiger partial charge in [-0.3, -0.25) is 9.59 Å².